The minimum Gasteiger partial charge on any atom is -0.368 e. The highest BCUT2D eigenvalue weighted by Gasteiger charge is 2.20. The number of anilines is 2. The summed E-state index contributed by atoms with van der Waals surface area (Å²) < 4.78 is 1.26. The minimum absolute atomic E-state index is 0.113. The summed E-state index contributed by atoms with van der Waals surface area (Å²) >= 11 is 3.55. The molecule has 2 heterocycles. The number of thiazole rings is 1. The molecule has 134 valence electrons. The molecule has 1 aliphatic heterocycles. The maximum Gasteiger partial charge on any atom is 0.186 e. The Bertz CT molecular complexity index is 928. The smallest absolute Gasteiger partial charge is 0.186 e. The number of ketones is 1. The van der Waals surface area contributed by atoms with Crippen LogP contribution in [0, 0.1) is 0 Å². The van der Waals surface area contributed by atoms with E-state index in [9.17, 15) is 4.79 Å². The van der Waals surface area contributed by atoms with Crippen LogP contribution in [0.15, 0.2) is 47.4 Å². The largest absolute Gasteiger partial charge is 0.368 e. The molecular formula is C20H21N3OS2. The molecule has 3 aromatic rings. The Morgan fingerprint density at radius 3 is 2.38 bits per heavy atom. The van der Waals surface area contributed by atoms with Crippen LogP contribution in [0.3, 0.4) is 0 Å². The first kappa shape index (κ1) is 17.4. The predicted molar refractivity (Wildman–Crippen MR) is 112 cm³/mol. The number of carbonyl (C=O) groups is 1. The molecule has 0 unspecified atom stereocenters. The van der Waals surface area contributed by atoms with Crippen molar-refractivity contribution < 1.29 is 4.79 Å². The zero-order valence-corrected chi connectivity index (χ0v) is 16.6. The van der Waals surface area contributed by atoms with Gasteiger partial charge in [0.05, 0.1) is 10.2 Å². The number of aromatic nitrogens is 1. The highest BCUT2D eigenvalue weighted by molar-refractivity contribution is 7.98. The summed E-state index contributed by atoms with van der Waals surface area (Å²) in [5, 5.41) is 1.12. The topological polar surface area (TPSA) is 36.4 Å². The van der Waals surface area contributed by atoms with Crippen LogP contribution in [0.4, 0.5) is 10.8 Å². The molecule has 0 bridgehead atoms. The summed E-state index contributed by atoms with van der Waals surface area (Å²) in [6, 6.07) is 14.4. The average Bonchev–Trinajstić information content (AvgIpc) is 3.11. The Morgan fingerprint density at radius 1 is 1.04 bits per heavy atom. The Balaban J connectivity index is 1.45. The van der Waals surface area contributed by atoms with Crippen molar-refractivity contribution in [2.24, 2.45) is 0 Å². The van der Waals surface area contributed by atoms with Crippen molar-refractivity contribution in [3.8, 4) is 0 Å². The minimum atomic E-state index is 0.113. The normalized spacial score (nSPS) is 14.8. The molecule has 1 aliphatic rings. The second-order valence-electron chi connectivity index (χ2n) is 6.41. The highest BCUT2D eigenvalue weighted by atomic mass is 32.2. The maximum absolute atomic E-state index is 11.4. The molecule has 1 aromatic heterocycles. The van der Waals surface area contributed by atoms with Gasteiger partial charge in [0.2, 0.25) is 0 Å². The molecular weight excluding hydrogens is 362 g/mol. The average molecular weight is 384 g/mol. The van der Waals surface area contributed by atoms with Gasteiger partial charge in [-0.3, -0.25) is 4.79 Å². The van der Waals surface area contributed by atoms with Gasteiger partial charge in [0.25, 0.3) is 0 Å². The standard InChI is InChI=1S/C20H21N3OS2/c1-14(24)15-3-5-16(6-4-15)22-9-11-23(12-10-22)20-21-18-8-7-17(25-2)13-19(18)26-20/h3-8,13H,9-12H2,1-2H3. The van der Waals surface area contributed by atoms with E-state index in [4.69, 9.17) is 4.98 Å². The number of rotatable bonds is 4. The van der Waals surface area contributed by atoms with Crippen molar-refractivity contribution in [2.75, 3.05) is 42.2 Å². The van der Waals surface area contributed by atoms with Crippen LogP contribution in [-0.4, -0.2) is 43.2 Å². The molecule has 0 saturated carbocycles. The molecule has 0 radical (unpaired) electrons. The van der Waals surface area contributed by atoms with Gasteiger partial charge in [-0.2, -0.15) is 0 Å². The number of hydrogen-bond donors (Lipinski definition) is 0. The summed E-state index contributed by atoms with van der Waals surface area (Å²) in [6.45, 7) is 5.46. The first-order valence-electron chi connectivity index (χ1n) is 8.69. The van der Waals surface area contributed by atoms with Gasteiger partial charge in [0, 0.05) is 42.3 Å². The van der Waals surface area contributed by atoms with Gasteiger partial charge in [-0.05, 0) is 55.6 Å². The zero-order valence-electron chi connectivity index (χ0n) is 14.9. The fraction of sp³-hybridized carbons (Fsp3) is 0.300. The third-order valence-electron chi connectivity index (χ3n) is 4.77. The van der Waals surface area contributed by atoms with Crippen LogP contribution in [0.1, 0.15) is 17.3 Å². The number of piperazine rings is 1. The van der Waals surface area contributed by atoms with Crippen molar-refractivity contribution in [2.45, 2.75) is 11.8 Å². The van der Waals surface area contributed by atoms with Crippen molar-refractivity contribution in [3.63, 3.8) is 0 Å². The summed E-state index contributed by atoms with van der Waals surface area (Å²) in [4.78, 5) is 22.3. The van der Waals surface area contributed by atoms with Crippen LogP contribution >= 0.6 is 23.1 Å². The molecule has 6 heteroatoms. The van der Waals surface area contributed by atoms with Crippen LogP contribution in [0.5, 0.6) is 0 Å². The molecule has 0 N–H and O–H groups in total. The molecule has 0 spiro atoms. The lowest BCUT2D eigenvalue weighted by Crippen LogP contribution is -2.46. The fourth-order valence-electron chi connectivity index (χ4n) is 3.22. The predicted octanol–water partition coefficient (Wildman–Crippen LogP) is 4.55. The molecule has 4 nitrogen and oxygen atoms in total. The Hall–Kier alpha value is -2.05. The van der Waals surface area contributed by atoms with E-state index in [1.165, 1.54) is 15.3 Å². The Labute approximate surface area is 161 Å². The number of thioether (sulfide) groups is 1. The quantitative estimate of drug-likeness (QED) is 0.488. The van der Waals surface area contributed by atoms with E-state index >= 15 is 0 Å². The first-order valence-corrected chi connectivity index (χ1v) is 10.7. The SMILES string of the molecule is CSc1ccc2nc(N3CCN(c4ccc(C(C)=O)cc4)CC3)sc2c1. The van der Waals surface area contributed by atoms with E-state index in [0.29, 0.717) is 0 Å². The van der Waals surface area contributed by atoms with E-state index in [0.717, 1.165) is 42.4 Å². The summed E-state index contributed by atoms with van der Waals surface area (Å²) in [5.41, 5.74) is 3.04. The molecule has 1 saturated heterocycles. The van der Waals surface area contributed by atoms with Crippen LogP contribution in [0.2, 0.25) is 0 Å². The third kappa shape index (κ3) is 3.44. The highest BCUT2D eigenvalue weighted by Crippen LogP contribution is 2.32. The van der Waals surface area contributed by atoms with Crippen molar-refractivity contribution in [1.82, 2.24) is 4.98 Å². The number of fused-ring (bicyclic) bond motifs is 1. The van der Waals surface area contributed by atoms with Gasteiger partial charge in [0.15, 0.2) is 10.9 Å². The zero-order chi connectivity index (χ0) is 18.1. The molecule has 0 aliphatic carbocycles. The number of hydrogen-bond acceptors (Lipinski definition) is 6. The molecule has 0 atom stereocenters. The first-order chi connectivity index (χ1) is 12.6. The van der Waals surface area contributed by atoms with Crippen molar-refractivity contribution in [1.29, 1.82) is 0 Å². The lowest BCUT2D eigenvalue weighted by atomic mass is 10.1. The maximum atomic E-state index is 11.4. The molecule has 1 fully saturated rings. The lowest BCUT2D eigenvalue weighted by molar-refractivity contribution is 0.101. The van der Waals surface area contributed by atoms with Gasteiger partial charge < -0.3 is 9.80 Å². The van der Waals surface area contributed by atoms with Crippen molar-refractivity contribution in [3.05, 3.63) is 48.0 Å². The summed E-state index contributed by atoms with van der Waals surface area (Å²) in [7, 11) is 0. The number of benzene rings is 2. The van der Waals surface area contributed by atoms with Crippen LogP contribution in [-0.2, 0) is 0 Å². The molecule has 2 aromatic carbocycles. The van der Waals surface area contributed by atoms with Gasteiger partial charge in [-0.1, -0.05) is 11.3 Å². The second kappa shape index (κ2) is 7.29. The van der Waals surface area contributed by atoms with Gasteiger partial charge in [-0.15, -0.1) is 11.8 Å². The number of Topliss-reactive ketones (excluding diaryl/α,β-unsaturated/α-hetero) is 1. The summed E-state index contributed by atoms with van der Waals surface area (Å²) in [5.74, 6) is 0.113. The Kier molecular flexibility index (Phi) is 4.87. The monoisotopic (exact) mass is 383 g/mol. The fourth-order valence-corrected chi connectivity index (χ4v) is 4.79. The number of carbonyl (C=O) groups excluding carboxylic acids is 1. The van der Waals surface area contributed by atoms with Gasteiger partial charge in [0.1, 0.15) is 0 Å². The van der Waals surface area contributed by atoms with Gasteiger partial charge in [-0.25, -0.2) is 4.98 Å². The molecule has 0 amide bonds. The van der Waals surface area contributed by atoms with E-state index in [1.54, 1.807) is 30.0 Å². The Morgan fingerprint density at radius 2 is 1.73 bits per heavy atom. The van der Waals surface area contributed by atoms with Crippen molar-refractivity contribution >= 4 is 49.9 Å². The van der Waals surface area contributed by atoms with Crippen LogP contribution < -0.4 is 9.80 Å². The van der Waals surface area contributed by atoms with E-state index in [-0.39, 0.29) is 5.78 Å². The number of nitrogens with zero attached hydrogens (tertiary/aromatic N) is 3. The van der Waals surface area contributed by atoms with Crippen LogP contribution in [0.25, 0.3) is 10.2 Å². The van der Waals surface area contributed by atoms with E-state index in [1.807, 2.05) is 24.3 Å². The van der Waals surface area contributed by atoms with E-state index < -0.39 is 0 Å². The van der Waals surface area contributed by atoms with E-state index in [2.05, 4.69) is 34.3 Å². The third-order valence-corrected chi connectivity index (χ3v) is 6.58. The molecule has 26 heavy (non-hydrogen) atoms. The summed E-state index contributed by atoms with van der Waals surface area (Å²) in [6.07, 6.45) is 2.10. The van der Waals surface area contributed by atoms with Gasteiger partial charge >= 0.3 is 0 Å². The second-order valence-corrected chi connectivity index (χ2v) is 8.30. The molecule has 4 rings (SSSR count). The lowest BCUT2D eigenvalue weighted by Gasteiger charge is -2.36.